The third-order valence-electron chi connectivity index (χ3n) is 12.9. The maximum absolute atomic E-state index is 6.82. The Balaban J connectivity index is 0.933. The number of aromatic nitrogens is 6. The monoisotopic (exact) mass is 836 g/mol. The van der Waals surface area contributed by atoms with Crippen LogP contribution in [0.15, 0.2) is 206 Å². The lowest BCUT2D eigenvalue weighted by Gasteiger charge is -2.17. The molecule has 0 saturated heterocycles. The van der Waals surface area contributed by atoms with Gasteiger partial charge in [0.1, 0.15) is 11.5 Å². The van der Waals surface area contributed by atoms with E-state index in [-0.39, 0.29) is 0 Å². The Morgan fingerprint density at radius 2 is 1.02 bits per heavy atom. The van der Waals surface area contributed by atoms with Gasteiger partial charge in [-0.3, -0.25) is 18.3 Å². The maximum Gasteiger partial charge on any atom is 0.269 e. The van der Waals surface area contributed by atoms with Gasteiger partial charge in [0.05, 0.1) is 66.9 Å². The molecule has 0 radical (unpaired) electrons. The van der Waals surface area contributed by atoms with Crippen LogP contribution in [-0.2, 0) is 0 Å². The van der Waals surface area contributed by atoms with Crippen LogP contribution in [0.25, 0.3) is 94.4 Å². The lowest BCUT2D eigenvalue weighted by molar-refractivity contribution is -0.572. The fourth-order valence-electron chi connectivity index (χ4n) is 10.0. The largest absolute Gasteiger partial charge is 0.458 e. The standard InChI is InChI=1S/C58H40N6O/c1-38-17-15-18-39(2)57(38)64-51-28-10-6-24-47(51)59-58(64)63-50-27-9-5-23-45(50)46-34-33-42(36-56(46)63)65-41-20-16-19-40(35-41)60-37-61(53-30-12-11-29-52(53)60)54-31-13-14-32-55(54)62-48-25-7-3-21-43(48)44-22-4-8-26-49(44)62/h3-36H,1-2H3. The van der Waals surface area contributed by atoms with Gasteiger partial charge in [0, 0.05) is 27.6 Å². The number of ether oxygens (including phenoxy) is 1. The highest BCUT2D eigenvalue weighted by atomic mass is 16.5. The summed E-state index contributed by atoms with van der Waals surface area (Å²) in [5, 5.41) is 4.73. The van der Waals surface area contributed by atoms with Crippen molar-refractivity contribution in [1.82, 2.24) is 23.3 Å². The molecule has 0 fully saturated rings. The average Bonchev–Trinajstić information content (AvgIpc) is 4.10. The molecule has 0 aliphatic heterocycles. The first-order valence-electron chi connectivity index (χ1n) is 22.0. The normalized spacial score (nSPS) is 11.8. The van der Waals surface area contributed by atoms with Crippen molar-refractivity contribution in [3.8, 4) is 40.2 Å². The van der Waals surface area contributed by atoms with Crippen LogP contribution in [0.5, 0.6) is 11.5 Å². The second-order valence-electron chi connectivity index (χ2n) is 16.7. The molecule has 308 valence electrons. The smallest absolute Gasteiger partial charge is 0.269 e. The molecule has 0 unspecified atom stereocenters. The van der Waals surface area contributed by atoms with E-state index in [0.717, 1.165) is 95.1 Å². The Kier molecular flexibility index (Phi) is 8.20. The van der Waals surface area contributed by atoms with Crippen LogP contribution >= 0.6 is 0 Å². The molecule has 4 heterocycles. The van der Waals surface area contributed by atoms with Gasteiger partial charge >= 0.3 is 0 Å². The van der Waals surface area contributed by atoms with Gasteiger partial charge in [-0.2, -0.15) is 0 Å². The third-order valence-corrected chi connectivity index (χ3v) is 12.9. The molecular weight excluding hydrogens is 797 g/mol. The first-order chi connectivity index (χ1) is 32.1. The zero-order valence-electron chi connectivity index (χ0n) is 35.7. The third kappa shape index (κ3) is 5.69. The van der Waals surface area contributed by atoms with Gasteiger partial charge in [-0.05, 0) is 97.8 Å². The van der Waals surface area contributed by atoms with Crippen LogP contribution in [0.1, 0.15) is 11.1 Å². The summed E-state index contributed by atoms with van der Waals surface area (Å²) in [6, 6.07) is 72.4. The van der Waals surface area contributed by atoms with Gasteiger partial charge in [-0.1, -0.05) is 127 Å². The first kappa shape index (κ1) is 36.9. The zero-order valence-corrected chi connectivity index (χ0v) is 35.7. The van der Waals surface area contributed by atoms with E-state index in [1.165, 1.54) is 21.9 Å². The minimum Gasteiger partial charge on any atom is -0.458 e. The Labute approximate surface area is 374 Å². The van der Waals surface area contributed by atoms with Crippen LogP contribution < -0.4 is 9.30 Å². The molecule has 0 atom stereocenters. The summed E-state index contributed by atoms with van der Waals surface area (Å²) in [7, 11) is 0. The number of aryl methyl sites for hydroxylation is 2. The molecule has 0 N–H and O–H groups in total. The van der Waals surface area contributed by atoms with Crippen LogP contribution in [0.4, 0.5) is 0 Å². The average molecular weight is 837 g/mol. The molecule has 0 saturated carbocycles. The number of hydrogen-bond donors (Lipinski definition) is 0. The van der Waals surface area contributed by atoms with Gasteiger partial charge in [0.25, 0.3) is 6.33 Å². The number of fused-ring (bicyclic) bond motifs is 8. The molecule has 4 aromatic heterocycles. The minimum atomic E-state index is 0.718. The van der Waals surface area contributed by atoms with Crippen molar-refractivity contribution in [1.29, 1.82) is 0 Å². The summed E-state index contributed by atoms with van der Waals surface area (Å²) in [5.41, 5.74) is 15.0. The summed E-state index contributed by atoms with van der Waals surface area (Å²) in [5.74, 6) is 2.28. The van der Waals surface area contributed by atoms with E-state index in [1.807, 2.05) is 12.1 Å². The molecule has 13 rings (SSSR count). The predicted molar refractivity (Wildman–Crippen MR) is 263 cm³/mol. The fourth-order valence-corrected chi connectivity index (χ4v) is 10.0. The van der Waals surface area contributed by atoms with Gasteiger partial charge in [-0.15, -0.1) is 0 Å². The van der Waals surface area contributed by atoms with E-state index < -0.39 is 0 Å². The number of benzene rings is 9. The van der Waals surface area contributed by atoms with Crippen molar-refractivity contribution in [3.63, 3.8) is 0 Å². The Morgan fingerprint density at radius 3 is 1.75 bits per heavy atom. The summed E-state index contributed by atoms with van der Waals surface area (Å²) < 4.78 is 18.1. The van der Waals surface area contributed by atoms with Crippen LogP contribution in [0.2, 0.25) is 0 Å². The van der Waals surface area contributed by atoms with Crippen molar-refractivity contribution >= 4 is 65.7 Å². The molecule has 0 spiro atoms. The number of hydrogen-bond acceptors (Lipinski definition) is 2. The molecule has 0 aliphatic rings. The van der Waals surface area contributed by atoms with Crippen molar-refractivity contribution in [3.05, 3.63) is 224 Å². The van der Waals surface area contributed by atoms with E-state index >= 15 is 0 Å². The van der Waals surface area contributed by atoms with Gasteiger partial charge in [-0.25, -0.2) is 4.98 Å². The summed E-state index contributed by atoms with van der Waals surface area (Å²) in [6.45, 7) is 4.35. The molecule has 0 amide bonds. The topological polar surface area (TPSA) is 45.7 Å². The van der Waals surface area contributed by atoms with Gasteiger partial charge in [0.15, 0.2) is 0 Å². The lowest BCUT2D eigenvalue weighted by atomic mass is 10.1. The fraction of sp³-hybridized carbons (Fsp3) is 0.0345. The van der Waals surface area contributed by atoms with Crippen molar-refractivity contribution in [2.75, 3.05) is 0 Å². The Morgan fingerprint density at radius 1 is 0.446 bits per heavy atom. The molecular formula is C58H40N6O. The van der Waals surface area contributed by atoms with E-state index in [0.29, 0.717) is 0 Å². The maximum atomic E-state index is 6.82. The van der Waals surface area contributed by atoms with E-state index in [2.05, 4.69) is 237 Å². The molecule has 9 aromatic carbocycles. The van der Waals surface area contributed by atoms with Crippen LogP contribution in [0.3, 0.4) is 0 Å². The molecule has 0 aliphatic carbocycles. The molecule has 13 aromatic rings. The van der Waals surface area contributed by atoms with Crippen LogP contribution in [-0.4, -0.2) is 23.3 Å². The van der Waals surface area contributed by atoms with E-state index in [9.17, 15) is 0 Å². The van der Waals surface area contributed by atoms with Crippen LogP contribution in [0, 0.1) is 20.2 Å². The Bertz CT molecular complexity index is 3960. The van der Waals surface area contributed by atoms with Crippen molar-refractivity contribution in [2.45, 2.75) is 13.8 Å². The second kappa shape index (κ2) is 14.4. The molecule has 7 nitrogen and oxygen atoms in total. The van der Waals surface area contributed by atoms with Crippen molar-refractivity contribution in [2.24, 2.45) is 0 Å². The van der Waals surface area contributed by atoms with Gasteiger partial charge in [0.2, 0.25) is 5.95 Å². The zero-order chi connectivity index (χ0) is 43.2. The van der Waals surface area contributed by atoms with Gasteiger partial charge < -0.3 is 9.30 Å². The van der Waals surface area contributed by atoms with Crippen molar-refractivity contribution < 1.29 is 9.30 Å². The summed E-state index contributed by atoms with van der Waals surface area (Å²) >= 11 is 0. The summed E-state index contributed by atoms with van der Waals surface area (Å²) in [4.78, 5) is 5.34. The molecule has 0 bridgehead atoms. The number of nitrogens with zero attached hydrogens (tertiary/aromatic N) is 6. The van der Waals surface area contributed by atoms with E-state index in [4.69, 9.17) is 9.72 Å². The van der Waals surface area contributed by atoms with E-state index in [1.54, 1.807) is 0 Å². The molecule has 7 heteroatoms. The highest BCUT2D eigenvalue weighted by Gasteiger charge is 2.23. The highest BCUT2D eigenvalue weighted by Crippen LogP contribution is 2.39. The first-order valence-corrected chi connectivity index (χ1v) is 22.0. The summed E-state index contributed by atoms with van der Waals surface area (Å²) in [6.07, 6.45) is 3.77. The number of para-hydroxylation sites is 10. The molecule has 65 heavy (non-hydrogen) atoms. The second-order valence-corrected chi connectivity index (χ2v) is 16.7. The SMILES string of the molecule is Cc1cccc(C)c1-n1c(-n2c3ccccc3c3ccc(Oc4cccc(-n5[c-][n+](-c6ccccc6-n6c7ccccc7c7ccccc76)c6ccccc65)c4)cc32)nc2ccccc21. The quantitative estimate of drug-likeness (QED) is 0.119. The Hall–Kier alpha value is -8.68. The predicted octanol–water partition coefficient (Wildman–Crippen LogP) is 13.6. The number of rotatable bonds is 7. The lowest BCUT2D eigenvalue weighted by Crippen LogP contribution is -2.31. The highest BCUT2D eigenvalue weighted by molar-refractivity contribution is 6.10. The number of imidazole rings is 2. The minimum absolute atomic E-state index is 0.718.